The number of nitrogens with one attached hydrogen (secondary N) is 1. The number of hydrogen-bond donors (Lipinski definition) is 2. The van der Waals surface area contributed by atoms with E-state index in [9.17, 15) is 4.79 Å². The first-order chi connectivity index (χ1) is 11.6. The fourth-order valence-corrected chi connectivity index (χ4v) is 3.36. The first-order valence-electron chi connectivity index (χ1n) is 8.08. The number of piperidine rings is 1. The smallest absolute Gasteiger partial charge is 0.257 e. The number of aromatic amines is 1. The minimum atomic E-state index is 0.0190. The Morgan fingerprint density at radius 1 is 1.38 bits per heavy atom. The van der Waals surface area contributed by atoms with Crippen LogP contribution in [0.4, 0.5) is 5.95 Å². The second-order valence-corrected chi connectivity index (χ2v) is 6.23. The standard InChI is InChI=1S/C17H19N5O2/c1-10-9-12-3-2-4-13(14(12)24-10)16(23)22-7-5-11(6-8-22)15-19-17(18)21-20-15/h2-4,9,11H,5-8H2,1H3,(H3,18,19,20,21). The van der Waals surface area contributed by atoms with Crippen molar-refractivity contribution in [2.45, 2.75) is 25.7 Å². The third-order valence-corrected chi connectivity index (χ3v) is 4.59. The van der Waals surface area contributed by atoms with Crippen LogP contribution in [0.2, 0.25) is 0 Å². The largest absolute Gasteiger partial charge is 0.461 e. The normalized spacial score (nSPS) is 16.0. The molecule has 0 aliphatic carbocycles. The minimum absolute atomic E-state index is 0.0190. The topological polar surface area (TPSA) is 101 Å². The Morgan fingerprint density at radius 2 is 2.17 bits per heavy atom. The van der Waals surface area contributed by atoms with Gasteiger partial charge in [0.15, 0.2) is 0 Å². The van der Waals surface area contributed by atoms with Gasteiger partial charge in [0.2, 0.25) is 5.95 Å². The summed E-state index contributed by atoms with van der Waals surface area (Å²) < 4.78 is 5.72. The number of anilines is 1. The number of benzene rings is 1. The van der Waals surface area contributed by atoms with Crippen LogP contribution in [0.1, 0.15) is 40.7 Å². The number of para-hydroxylation sites is 1. The summed E-state index contributed by atoms with van der Waals surface area (Å²) in [4.78, 5) is 19.0. The van der Waals surface area contributed by atoms with Crippen molar-refractivity contribution in [1.82, 2.24) is 20.1 Å². The van der Waals surface area contributed by atoms with Gasteiger partial charge in [-0.05, 0) is 31.9 Å². The molecule has 0 bridgehead atoms. The summed E-state index contributed by atoms with van der Waals surface area (Å²) >= 11 is 0. The molecule has 1 amide bonds. The Hall–Kier alpha value is -2.83. The number of aryl methyl sites for hydroxylation is 1. The quantitative estimate of drug-likeness (QED) is 0.753. The summed E-state index contributed by atoms with van der Waals surface area (Å²) in [7, 11) is 0. The molecule has 2 aromatic heterocycles. The Bertz CT molecular complexity index is 889. The van der Waals surface area contributed by atoms with Crippen LogP contribution in [-0.2, 0) is 0 Å². The molecule has 1 saturated heterocycles. The highest BCUT2D eigenvalue weighted by atomic mass is 16.3. The highest BCUT2D eigenvalue weighted by Crippen LogP contribution is 2.28. The summed E-state index contributed by atoms with van der Waals surface area (Å²) in [5, 5.41) is 7.72. The summed E-state index contributed by atoms with van der Waals surface area (Å²) in [6.07, 6.45) is 1.68. The Morgan fingerprint density at radius 3 is 2.88 bits per heavy atom. The number of carbonyl (C=O) groups is 1. The summed E-state index contributed by atoms with van der Waals surface area (Å²) in [5.41, 5.74) is 6.86. The van der Waals surface area contributed by atoms with E-state index in [0.717, 1.165) is 29.8 Å². The van der Waals surface area contributed by atoms with Gasteiger partial charge < -0.3 is 15.1 Å². The first kappa shape index (κ1) is 14.7. The van der Waals surface area contributed by atoms with E-state index in [1.807, 2.05) is 36.1 Å². The molecule has 3 aromatic rings. The number of aromatic nitrogens is 3. The number of furan rings is 1. The molecule has 1 fully saturated rings. The lowest BCUT2D eigenvalue weighted by atomic mass is 9.95. The van der Waals surface area contributed by atoms with Crippen molar-refractivity contribution in [2.75, 3.05) is 18.8 Å². The van der Waals surface area contributed by atoms with E-state index < -0.39 is 0 Å². The molecular weight excluding hydrogens is 306 g/mol. The highest BCUT2D eigenvalue weighted by Gasteiger charge is 2.27. The predicted molar refractivity (Wildman–Crippen MR) is 89.6 cm³/mol. The molecule has 1 aliphatic rings. The lowest BCUT2D eigenvalue weighted by Gasteiger charge is -2.31. The molecular formula is C17H19N5O2. The monoisotopic (exact) mass is 325 g/mol. The van der Waals surface area contributed by atoms with E-state index in [1.165, 1.54) is 0 Å². The number of fused-ring (bicyclic) bond motifs is 1. The molecule has 0 unspecified atom stereocenters. The van der Waals surface area contributed by atoms with Crippen molar-refractivity contribution in [2.24, 2.45) is 0 Å². The molecule has 7 heteroatoms. The van der Waals surface area contributed by atoms with Gasteiger partial charge in [-0.3, -0.25) is 9.89 Å². The van der Waals surface area contributed by atoms with Crippen molar-refractivity contribution >= 4 is 22.8 Å². The maximum atomic E-state index is 12.9. The zero-order chi connectivity index (χ0) is 16.7. The van der Waals surface area contributed by atoms with Crippen molar-refractivity contribution in [3.8, 4) is 0 Å². The number of nitrogens with zero attached hydrogens (tertiary/aromatic N) is 3. The molecule has 0 saturated carbocycles. The molecule has 24 heavy (non-hydrogen) atoms. The summed E-state index contributed by atoms with van der Waals surface area (Å²) in [6, 6.07) is 7.64. The number of carbonyl (C=O) groups excluding carboxylic acids is 1. The number of H-pyrrole nitrogens is 1. The van der Waals surface area contributed by atoms with Gasteiger partial charge >= 0.3 is 0 Å². The van der Waals surface area contributed by atoms with Crippen LogP contribution in [0.5, 0.6) is 0 Å². The van der Waals surface area contributed by atoms with Crippen LogP contribution in [-0.4, -0.2) is 39.1 Å². The van der Waals surface area contributed by atoms with Gasteiger partial charge in [-0.25, -0.2) is 0 Å². The number of nitrogens with two attached hydrogens (primary N) is 1. The van der Waals surface area contributed by atoms with Gasteiger partial charge in [0, 0.05) is 24.4 Å². The lowest BCUT2D eigenvalue weighted by Crippen LogP contribution is -2.38. The zero-order valence-electron chi connectivity index (χ0n) is 13.5. The Kier molecular flexibility index (Phi) is 3.48. The number of likely N-dealkylation sites (tertiary alicyclic amines) is 1. The van der Waals surface area contributed by atoms with Crippen LogP contribution in [0, 0.1) is 6.92 Å². The third kappa shape index (κ3) is 2.51. The maximum Gasteiger partial charge on any atom is 0.257 e. The van der Waals surface area contributed by atoms with Crippen LogP contribution >= 0.6 is 0 Å². The van der Waals surface area contributed by atoms with Crippen LogP contribution in [0.25, 0.3) is 11.0 Å². The van der Waals surface area contributed by atoms with Crippen molar-refractivity contribution < 1.29 is 9.21 Å². The zero-order valence-corrected chi connectivity index (χ0v) is 13.5. The maximum absolute atomic E-state index is 12.9. The second kappa shape index (κ2) is 5.67. The van der Waals surface area contributed by atoms with Crippen molar-refractivity contribution in [3.05, 3.63) is 41.4 Å². The molecule has 0 spiro atoms. The van der Waals surface area contributed by atoms with Crippen molar-refractivity contribution in [3.63, 3.8) is 0 Å². The summed E-state index contributed by atoms with van der Waals surface area (Å²) in [6.45, 7) is 3.25. The van der Waals surface area contributed by atoms with Gasteiger partial charge in [0.25, 0.3) is 5.91 Å². The van der Waals surface area contributed by atoms with E-state index in [0.29, 0.717) is 24.2 Å². The molecule has 1 aliphatic heterocycles. The molecule has 4 rings (SSSR count). The minimum Gasteiger partial charge on any atom is -0.461 e. The second-order valence-electron chi connectivity index (χ2n) is 6.23. The van der Waals surface area contributed by atoms with E-state index in [1.54, 1.807) is 0 Å². The number of hydrogen-bond acceptors (Lipinski definition) is 5. The lowest BCUT2D eigenvalue weighted by molar-refractivity contribution is 0.0712. The number of nitrogen functional groups attached to an aromatic ring is 1. The Balaban J connectivity index is 1.51. The first-order valence-corrected chi connectivity index (χ1v) is 8.08. The van der Waals surface area contributed by atoms with Crippen LogP contribution < -0.4 is 5.73 Å². The van der Waals surface area contributed by atoms with E-state index in [4.69, 9.17) is 10.2 Å². The van der Waals surface area contributed by atoms with E-state index in [-0.39, 0.29) is 17.8 Å². The van der Waals surface area contributed by atoms with Gasteiger partial charge in [-0.2, -0.15) is 4.98 Å². The third-order valence-electron chi connectivity index (χ3n) is 4.59. The van der Waals surface area contributed by atoms with Gasteiger partial charge in [-0.1, -0.05) is 12.1 Å². The average Bonchev–Trinajstić information content (AvgIpc) is 3.18. The molecule has 124 valence electrons. The Labute approximate surface area is 138 Å². The highest BCUT2D eigenvalue weighted by molar-refractivity contribution is 6.05. The molecule has 3 N–H and O–H groups in total. The van der Waals surface area contributed by atoms with Gasteiger partial charge in [-0.15, -0.1) is 5.10 Å². The van der Waals surface area contributed by atoms with Gasteiger partial charge in [0.05, 0.1) is 5.56 Å². The average molecular weight is 325 g/mol. The number of amides is 1. The van der Waals surface area contributed by atoms with Crippen LogP contribution in [0.3, 0.4) is 0 Å². The van der Waals surface area contributed by atoms with E-state index >= 15 is 0 Å². The fourth-order valence-electron chi connectivity index (χ4n) is 3.36. The summed E-state index contributed by atoms with van der Waals surface area (Å²) in [5.74, 6) is 2.17. The van der Waals surface area contributed by atoms with E-state index in [2.05, 4.69) is 15.2 Å². The molecule has 3 heterocycles. The number of rotatable bonds is 2. The fraction of sp³-hybridized carbons (Fsp3) is 0.353. The molecule has 7 nitrogen and oxygen atoms in total. The van der Waals surface area contributed by atoms with Crippen molar-refractivity contribution in [1.29, 1.82) is 0 Å². The molecule has 0 atom stereocenters. The van der Waals surface area contributed by atoms with Crippen LogP contribution in [0.15, 0.2) is 28.7 Å². The molecule has 0 radical (unpaired) electrons. The molecule has 1 aromatic carbocycles. The van der Waals surface area contributed by atoms with Gasteiger partial charge in [0.1, 0.15) is 17.2 Å². The SMILES string of the molecule is Cc1cc2cccc(C(=O)N3CCC(c4nc(N)n[nH]4)CC3)c2o1. The predicted octanol–water partition coefficient (Wildman–Crippen LogP) is 2.46.